The minimum atomic E-state index is -0.651. The Bertz CT molecular complexity index is 1420. The number of hydroxylamine groups is 1. The number of nitrogens with zero attached hydrogens (tertiary/aromatic N) is 2. The molecule has 176 valence electrons. The summed E-state index contributed by atoms with van der Waals surface area (Å²) in [6, 6.07) is 18.2. The molecule has 0 radical (unpaired) electrons. The van der Waals surface area contributed by atoms with E-state index in [1.54, 1.807) is 5.48 Å². The number of carbonyl (C=O) groups is 1. The number of hydrogen-bond acceptors (Lipinski definition) is 6. The number of benzene rings is 2. The molecule has 7 nitrogen and oxygen atoms in total. The van der Waals surface area contributed by atoms with Crippen LogP contribution >= 0.6 is 0 Å². The molecule has 5 rings (SSSR count). The van der Waals surface area contributed by atoms with Gasteiger partial charge in [0.15, 0.2) is 0 Å². The van der Waals surface area contributed by atoms with Crippen LogP contribution in [0.15, 0.2) is 76.6 Å². The third-order valence-corrected chi connectivity index (χ3v) is 7.00. The van der Waals surface area contributed by atoms with E-state index in [4.69, 9.17) is 5.21 Å². The van der Waals surface area contributed by atoms with Crippen LogP contribution in [-0.2, 0) is 6.42 Å². The molecule has 4 aromatic rings. The normalized spacial score (nSPS) is 17.9. The van der Waals surface area contributed by atoms with Crippen molar-refractivity contribution in [1.29, 1.82) is 0 Å². The summed E-state index contributed by atoms with van der Waals surface area (Å²) in [5.41, 5.74) is 5.65. The van der Waals surface area contributed by atoms with E-state index in [1.165, 1.54) is 12.4 Å². The molecule has 0 bridgehead atoms. The summed E-state index contributed by atoms with van der Waals surface area (Å²) in [7, 11) is 0. The molecule has 7 heteroatoms. The molecular weight excluding hydrogens is 442 g/mol. The Kier molecular flexibility index (Phi) is 6.33. The Morgan fingerprint density at radius 3 is 2.20 bits per heavy atom. The van der Waals surface area contributed by atoms with Crippen LogP contribution in [0.5, 0.6) is 0 Å². The first-order valence-corrected chi connectivity index (χ1v) is 11.8. The van der Waals surface area contributed by atoms with Crippen LogP contribution in [-0.4, -0.2) is 21.1 Å². The highest BCUT2D eigenvalue weighted by molar-refractivity contribution is 5.92. The van der Waals surface area contributed by atoms with Gasteiger partial charge in [-0.25, -0.2) is 15.4 Å². The van der Waals surface area contributed by atoms with Gasteiger partial charge >= 0.3 is 0 Å². The van der Waals surface area contributed by atoms with Crippen molar-refractivity contribution in [3.63, 3.8) is 0 Å². The van der Waals surface area contributed by atoms with E-state index in [1.807, 2.05) is 36.4 Å². The molecule has 1 amide bonds. The van der Waals surface area contributed by atoms with Gasteiger partial charge in [0.2, 0.25) is 10.9 Å². The zero-order valence-electron chi connectivity index (χ0n) is 19.1. The number of hydrogen-bond donors (Lipinski definition) is 2. The van der Waals surface area contributed by atoms with Crippen molar-refractivity contribution >= 4 is 5.91 Å². The standard InChI is InChI=1S/C28H25N3O4/c32-25-23(14-17-5-4-8-21(13-17)18-6-2-1-3-7-18)24(26(25)33)19-9-11-20(12-10-19)27-29-15-22(16-30-27)28(34)31-35/h1-8,13,15-16,19-20,35H,9-12,14H2,(H,31,34). The van der Waals surface area contributed by atoms with Crippen molar-refractivity contribution in [3.05, 3.63) is 116 Å². The Labute approximate surface area is 202 Å². The van der Waals surface area contributed by atoms with E-state index < -0.39 is 5.91 Å². The largest absolute Gasteiger partial charge is 0.288 e. The molecule has 0 saturated heterocycles. The maximum absolute atomic E-state index is 12.5. The lowest BCUT2D eigenvalue weighted by Gasteiger charge is -2.29. The summed E-state index contributed by atoms with van der Waals surface area (Å²) >= 11 is 0. The maximum atomic E-state index is 12.5. The van der Waals surface area contributed by atoms with Crippen LogP contribution in [0.4, 0.5) is 0 Å². The number of nitrogens with one attached hydrogen (secondary N) is 1. The Hall–Kier alpha value is -3.97. The monoisotopic (exact) mass is 467 g/mol. The molecule has 0 unspecified atom stereocenters. The highest BCUT2D eigenvalue weighted by Gasteiger charge is 2.32. The van der Waals surface area contributed by atoms with Gasteiger partial charge in [-0.15, -0.1) is 0 Å². The van der Waals surface area contributed by atoms with Crippen LogP contribution in [0, 0.1) is 0 Å². The van der Waals surface area contributed by atoms with E-state index >= 15 is 0 Å². The van der Waals surface area contributed by atoms with Gasteiger partial charge in [0.05, 0.1) is 5.56 Å². The van der Waals surface area contributed by atoms with E-state index in [0.717, 1.165) is 42.4 Å². The van der Waals surface area contributed by atoms with Crippen LogP contribution in [0.1, 0.15) is 70.4 Å². The van der Waals surface area contributed by atoms with E-state index in [9.17, 15) is 14.4 Å². The first-order valence-electron chi connectivity index (χ1n) is 11.8. The number of rotatable bonds is 6. The maximum Gasteiger partial charge on any atom is 0.277 e. The van der Waals surface area contributed by atoms with Crippen molar-refractivity contribution in [2.45, 2.75) is 43.9 Å². The fraction of sp³-hybridized carbons (Fsp3) is 0.250. The number of aromatic nitrogens is 2. The van der Waals surface area contributed by atoms with Gasteiger partial charge in [0.25, 0.3) is 5.91 Å². The van der Waals surface area contributed by atoms with Crippen LogP contribution < -0.4 is 16.3 Å². The average molecular weight is 468 g/mol. The Morgan fingerprint density at radius 1 is 0.857 bits per heavy atom. The zero-order valence-corrected chi connectivity index (χ0v) is 19.1. The summed E-state index contributed by atoms with van der Waals surface area (Å²) in [5.74, 6) is 0.209. The van der Waals surface area contributed by atoms with E-state index in [0.29, 0.717) is 23.4 Å². The lowest BCUT2D eigenvalue weighted by Crippen LogP contribution is -2.42. The van der Waals surface area contributed by atoms with Crippen molar-refractivity contribution < 1.29 is 10.0 Å². The fourth-order valence-corrected chi connectivity index (χ4v) is 5.13. The Balaban J connectivity index is 1.29. The van der Waals surface area contributed by atoms with E-state index in [-0.39, 0.29) is 28.3 Å². The lowest BCUT2D eigenvalue weighted by atomic mass is 9.74. The second-order valence-electron chi connectivity index (χ2n) is 9.11. The van der Waals surface area contributed by atoms with Crippen LogP contribution in [0.3, 0.4) is 0 Å². The quantitative estimate of drug-likeness (QED) is 0.253. The topological polar surface area (TPSA) is 109 Å². The third-order valence-electron chi connectivity index (χ3n) is 7.00. The minimum absolute atomic E-state index is 0.0724. The summed E-state index contributed by atoms with van der Waals surface area (Å²) in [4.78, 5) is 45.1. The van der Waals surface area contributed by atoms with Crippen LogP contribution in [0.2, 0.25) is 0 Å². The van der Waals surface area contributed by atoms with Gasteiger partial charge in [0, 0.05) is 35.9 Å². The average Bonchev–Trinajstić information content (AvgIpc) is 2.93. The second kappa shape index (κ2) is 9.72. The van der Waals surface area contributed by atoms with Gasteiger partial charge in [-0.2, -0.15) is 0 Å². The molecule has 1 fully saturated rings. The molecule has 1 saturated carbocycles. The Morgan fingerprint density at radius 2 is 1.51 bits per heavy atom. The SMILES string of the molecule is O=C(NO)c1cnc(C2CCC(c3c(Cc4cccc(-c5ccccc5)c4)c(=O)c3=O)CC2)nc1. The van der Waals surface area contributed by atoms with Crippen molar-refractivity contribution in [3.8, 4) is 11.1 Å². The molecular formula is C28H25N3O4. The minimum Gasteiger partial charge on any atom is -0.288 e. The molecule has 0 atom stereocenters. The molecule has 3 aromatic carbocycles. The fourth-order valence-electron chi connectivity index (χ4n) is 5.13. The molecule has 1 heterocycles. The van der Waals surface area contributed by atoms with Crippen LogP contribution in [0.25, 0.3) is 11.1 Å². The zero-order chi connectivity index (χ0) is 24.4. The lowest BCUT2D eigenvalue weighted by molar-refractivity contribution is 0.0705. The third kappa shape index (κ3) is 4.55. The predicted molar refractivity (Wildman–Crippen MR) is 131 cm³/mol. The molecule has 2 N–H and O–H groups in total. The first kappa shape index (κ1) is 22.8. The molecule has 0 spiro atoms. The second-order valence-corrected chi connectivity index (χ2v) is 9.11. The summed E-state index contributed by atoms with van der Waals surface area (Å²) < 4.78 is 0. The molecule has 1 aromatic heterocycles. The highest BCUT2D eigenvalue weighted by Crippen LogP contribution is 2.39. The smallest absolute Gasteiger partial charge is 0.277 e. The predicted octanol–water partition coefficient (Wildman–Crippen LogP) is 3.89. The van der Waals surface area contributed by atoms with Gasteiger partial charge in [-0.3, -0.25) is 19.6 Å². The molecule has 35 heavy (non-hydrogen) atoms. The van der Waals surface area contributed by atoms with E-state index in [2.05, 4.69) is 28.2 Å². The summed E-state index contributed by atoms with van der Waals surface area (Å²) in [6.07, 6.45) is 6.45. The molecule has 0 aliphatic heterocycles. The van der Waals surface area contributed by atoms with Gasteiger partial charge < -0.3 is 0 Å². The summed E-state index contributed by atoms with van der Waals surface area (Å²) in [5, 5.41) is 8.73. The number of carbonyl (C=O) groups excluding carboxylic acids is 1. The van der Waals surface area contributed by atoms with Crippen molar-refractivity contribution in [2.24, 2.45) is 0 Å². The highest BCUT2D eigenvalue weighted by atomic mass is 16.5. The number of amides is 1. The van der Waals surface area contributed by atoms with Gasteiger partial charge in [0.1, 0.15) is 5.82 Å². The summed E-state index contributed by atoms with van der Waals surface area (Å²) in [6.45, 7) is 0. The van der Waals surface area contributed by atoms with Gasteiger partial charge in [-0.05, 0) is 48.3 Å². The molecule has 1 aliphatic carbocycles. The van der Waals surface area contributed by atoms with Crippen molar-refractivity contribution in [1.82, 2.24) is 15.4 Å². The first-order chi connectivity index (χ1) is 17.0. The van der Waals surface area contributed by atoms with Crippen molar-refractivity contribution in [2.75, 3.05) is 0 Å². The molecule has 1 aliphatic rings. The van der Waals surface area contributed by atoms with Gasteiger partial charge in [-0.1, -0.05) is 54.6 Å².